The fourth-order valence-corrected chi connectivity index (χ4v) is 5.10. The van der Waals surface area contributed by atoms with Crippen LogP contribution in [0.25, 0.3) is 0 Å². The first-order valence-corrected chi connectivity index (χ1v) is 12.2. The molecule has 2 aliphatic rings. The van der Waals surface area contributed by atoms with Crippen LogP contribution in [0.5, 0.6) is 0 Å². The Bertz CT molecular complexity index is 726. The number of halogens is 1. The molecule has 0 aliphatic carbocycles. The fourth-order valence-electron chi connectivity index (χ4n) is 4.84. The summed E-state index contributed by atoms with van der Waals surface area (Å²) in [6.07, 6.45) is 4.05. The summed E-state index contributed by atoms with van der Waals surface area (Å²) in [4.78, 5) is 31.8. The normalized spacial score (nSPS) is 19.3. The van der Waals surface area contributed by atoms with Crippen LogP contribution >= 0.6 is 11.6 Å². The lowest BCUT2D eigenvalue weighted by atomic mass is 9.95. The van der Waals surface area contributed by atoms with E-state index in [4.69, 9.17) is 11.6 Å². The van der Waals surface area contributed by atoms with E-state index in [1.54, 1.807) is 0 Å². The monoisotopic (exact) mass is 448 g/mol. The number of amides is 2. The molecule has 1 atom stereocenters. The largest absolute Gasteiger partial charge is 0.353 e. The zero-order valence-corrected chi connectivity index (χ0v) is 19.7. The third-order valence-corrected chi connectivity index (χ3v) is 7.06. The smallest absolute Gasteiger partial charge is 0.234 e. The van der Waals surface area contributed by atoms with Gasteiger partial charge in [-0.15, -0.1) is 0 Å². The van der Waals surface area contributed by atoms with E-state index in [1.807, 2.05) is 36.9 Å². The Hall–Kier alpha value is -1.63. The molecule has 1 unspecified atom stereocenters. The van der Waals surface area contributed by atoms with E-state index in [2.05, 4.69) is 21.2 Å². The molecule has 2 aliphatic heterocycles. The minimum Gasteiger partial charge on any atom is -0.353 e. The van der Waals surface area contributed by atoms with Crippen molar-refractivity contribution in [1.82, 2.24) is 20.0 Å². The molecule has 0 spiro atoms. The first-order chi connectivity index (χ1) is 15.0. The molecule has 2 amide bonds. The quantitative estimate of drug-likeness (QED) is 0.630. The van der Waals surface area contributed by atoms with Crippen LogP contribution in [0.1, 0.15) is 51.1 Å². The molecule has 31 heavy (non-hydrogen) atoms. The van der Waals surface area contributed by atoms with Crippen molar-refractivity contribution in [2.75, 3.05) is 52.4 Å². The molecule has 2 saturated heterocycles. The number of likely N-dealkylation sites (tertiary alicyclic amines) is 2. The van der Waals surface area contributed by atoms with Crippen molar-refractivity contribution in [3.63, 3.8) is 0 Å². The van der Waals surface area contributed by atoms with Gasteiger partial charge in [-0.25, -0.2) is 0 Å². The molecule has 1 N–H and O–H groups in total. The van der Waals surface area contributed by atoms with Crippen LogP contribution in [0.15, 0.2) is 24.3 Å². The van der Waals surface area contributed by atoms with Crippen molar-refractivity contribution in [3.05, 3.63) is 34.9 Å². The summed E-state index contributed by atoms with van der Waals surface area (Å²) in [7, 11) is 0. The standard InChI is InChI=1S/C24H37ClN4O2/c1-3-28(4-2)24(31)19-11-15-27(16-12-19)18-23(30)26-17-22(29-13-7-8-14-29)20-9-5-6-10-21(20)25/h5-6,9-10,19,22H,3-4,7-8,11-18H2,1-2H3,(H,26,30). The van der Waals surface area contributed by atoms with Crippen LogP contribution in [0.3, 0.4) is 0 Å². The second-order valence-corrected chi connectivity index (χ2v) is 9.05. The van der Waals surface area contributed by atoms with Crippen molar-refractivity contribution < 1.29 is 9.59 Å². The summed E-state index contributed by atoms with van der Waals surface area (Å²) < 4.78 is 0. The summed E-state index contributed by atoms with van der Waals surface area (Å²) in [5.74, 6) is 0.408. The molecular weight excluding hydrogens is 412 g/mol. The van der Waals surface area contributed by atoms with Crippen LogP contribution in [0.2, 0.25) is 5.02 Å². The summed E-state index contributed by atoms with van der Waals surface area (Å²) >= 11 is 6.47. The minimum absolute atomic E-state index is 0.0461. The van der Waals surface area contributed by atoms with Gasteiger partial charge in [0.1, 0.15) is 0 Å². The summed E-state index contributed by atoms with van der Waals surface area (Å²) in [5.41, 5.74) is 1.09. The predicted octanol–water partition coefficient (Wildman–Crippen LogP) is 3.17. The van der Waals surface area contributed by atoms with Gasteiger partial charge in [-0.05, 0) is 77.3 Å². The van der Waals surface area contributed by atoms with E-state index >= 15 is 0 Å². The van der Waals surface area contributed by atoms with Gasteiger partial charge in [-0.1, -0.05) is 29.8 Å². The molecule has 0 bridgehead atoms. The Morgan fingerprint density at radius 3 is 2.35 bits per heavy atom. The van der Waals surface area contributed by atoms with Crippen LogP contribution < -0.4 is 5.32 Å². The third-order valence-electron chi connectivity index (χ3n) is 6.72. The zero-order valence-electron chi connectivity index (χ0n) is 19.0. The topological polar surface area (TPSA) is 55.9 Å². The average molecular weight is 449 g/mol. The SMILES string of the molecule is CCN(CC)C(=O)C1CCN(CC(=O)NCC(c2ccccc2Cl)N2CCCC2)CC1. The number of carbonyl (C=O) groups excluding carboxylic acids is 2. The van der Waals surface area contributed by atoms with Crippen molar-refractivity contribution in [2.24, 2.45) is 5.92 Å². The molecule has 3 rings (SSSR count). The molecule has 1 aromatic carbocycles. The van der Waals surface area contributed by atoms with Gasteiger partial charge in [0, 0.05) is 30.6 Å². The van der Waals surface area contributed by atoms with Crippen LogP contribution in [0, 0.1) is 5.92 Å². The molecule has 6 nitrogen and oxygen atoms in total. The first-order valence-electron chi connectivity index (χ1n) is 11.8. The second-order valence-electron chi connectivity index (χ2n) is 8.65. The fraction of sp³-hybridized carbons (Fsp3) is 0.667. The molecular formula is C24H37ClN4O2. The number of benzene rings is 1. The number of hydrogen-bond donors (Lipinski definition) is 1. The highest BCUT2D eigenvalue weighted by Gasteiger charge is 2.29. The van der Waals surface area contributed by atoms with Crippen molar-refractivity contribution in [2.45, 2.75) is 45.6 Å². The summed E-state index contributed by atoms with van der Waals surface area (Å²) in [6.45, 7) is 10.2. The molecule has 0 saturated carbocycles. The summed E-state index contributed by atoms with van der Waals surface area (Å²) in [6, 6.07) is 8.05. The Morgan fingerprint density at radius 1 is 1.10 bits per heavy atom. The number of carbonyl (C=O) groups is 2. The Balaban J connectivity index is 1.49. The van der Waals surface area contributed by atoms with E-state index in [1.165, 1.54) is 12.8 Å². The maximum Gasteiger partial charge on any atom is 0.234 e. The Kier molecular flexibility index (Phi) is 9.17. The zero-order chi connectivity index (χ0) is 22.2. The lowest BCUT2D eigenvalue weighted by Gasteiger charge is -2.33. The number of piperidine rings is 1. The maximum atomic E-state index is 12.7. The van der Waals surface area contributed by atoms with Crippen molar-refractivity contribution >= 4 is 23.4 Å². The molecule has 1 aromatic rings. The molecule has 0 radical (unpaired) electrons. The van der Waals surface area contributed by atoms with Gasteiger partial charge >= 0.3 is 0 Å². The molecule has 2 heterocycles. The van der Waals surface area contributed by atoms with E-state index in [9.17, 15) is 9.59 Å². The van der Waals surface area contributed by atoms with E-state index in [0.717, 1.165) is 62.7 Å². The number of nitrogens with one attached hydrogen (secondary N) is 1. The minimum atomic E-state index is 0.0461. The van der Waals surface area contributed by atoms with E-state index in [-0.39, 0.29) is 23.8 Å². The van der Waals surface area contributed by atoms with Gasteiger partial charge in [-0.2, -0.15) is 0 Å². The maximum absolute atomic E-state index is 12.7. The van der Waals surface area contributed by atoms with Gasteiger partial charge < -0.3 is 10.2 Å². The molecule has 2 fully saturated rings. The van der Waals surface area contributed by atoms with Gasteiger partial charge in [0.2, 0.25) is 11.8 Å². The highest BCUT2D eigenvalue weighted by atomic mass is 35.5. The Labute approximate surface area is 191 Å². The second kappa shape index (κ2) is 11.8. The van der Waals surface area contributed by atoms with Gasteiger partial charge in [0.15, 0.2) is 0 Å². The predicted molar refractivity (Wildman–Crippen MR) is 125 cm³/mol. The number of hydrogen-bond acceptors (Lipinski definition) is 4. The first kappa shape index (κ1) is 24.0. The van der Waals surface area contributed by atoms with Crippen LogP contribution in [-0.4, -0.2) is 78.9 Å². The van der Waals surface area contributed by atoms with Crippen LogP contribution in [0.4, 0.5) is 0 Å². The van der Waals surface area contributed by atoms with Gasteiger partial charge in [0.25, 0.3) is 0 Å². The van der Waals surface area contributed by atoms with Gasteiger partial charge in [0.05, 0.1) is 12.6 Å². The lowest BCUT2D eigenvalue weighted by Crippen LogP contribution is -2.46. The Morgan fingerprint density at radius 2 is 1.74 bits per heavy atom. The molecule has 7 heteroatoms. The van der Waals surface area contributed by atoms with Crippen molar-refractivity contribution in [1.29, 1.82) is 0 Å². The van der Waals surface area contributed by atoms with Crippen LogP contribution in [-0.2, 0) is 9.59 Å². The number of rotatable bonds is 9. The average Bonchev–Trinajstić information content (AvgIpc) is 3.31. The van der Waals surface area contributed by atoms with Gasteiger partial charge in [-0.3, -0.25) is 19.4 Å². The molecule has 0 aromatic heterocycles. The number of nitrogens with zero attached hydrogens (tertiary/aromatic N) is 3. The van der Waals surface area contributed by atoms with Crippen molar-refractivity contribution in [3.8, 4) is 0 Å². The highest BCUT2D eigenvalue weighted by Crippen LogP contribution is 2.29. The third kappa shape index (κ3) is 6.43. The lowest BCUT2D eigenvalue weighted by molar-refractivity contribution is -0.136. The van der Waals surface area contributed by atoms with E-state index < -0.39 is 0 Å². The highest BCUT2D eigenvalue weighted by molar-refractivity contribution is 6.31. The summed E-state index contributed by atoms with van der Waals surface area (Å²) in [5, 5.41) is 3.90. The van der Waals surface area contributed by atoms with E-state index in [0.29, 0.717) is 13.1 Å². The molecule has 172 valence electrons.